The lowest BCUT2D eigenvalue weighted by atomic mass is 10.00. The van der Waals surface area contributed by atoms with Crippen LogP contribution in [0.25, 0.3) is 0 Å². The zero-order valence-electron chi connectivity index (χ0n) is 12.3. The van der Waals surface area contributed by atoms with Crippen LogP contribution in [0.15, 0.2) is 4.52 Å². The monoisotopic (exact) mass is 265 g/mol. The van der Waals surface area contributed by atoms with Gasteiger partial charge in [-0.15, -0.1) is 0 Å². The molecule has 1 N–H and O–H groups in total. The van der Waals surface area contributed by atoms with Crippen molar-refractivity contribution in [2.24, 2.45) is 0 Å². The van der Waals surface area contributed by atoms with Gasteiger partial charge in [0.25, 0.3) is 0 Å². The predicted molar refractivity (Wildman–Crippen MR) is 76.2 cm³/mol. The largest absolute Gasteiger partial charge is 0.339 e. The molecule has 0 saturated heterocycles. The Balaban J connectivity index is 1.87. The van der Waals surface area contributed by atoms with E-state index in [0.717, 1.165) is 31.1 Å². The van der Waals surface area contributed by atoms with Gasteiger partial charge in [0.05, 0.1) is 0 Å². The second-order valence-corrected chi connectivity index (χ2v) is 5.79. The first-order valence-corrected chi connectivity index (χ1v) is 7.85. The van der Waals surface area contributed by atoms with Crippen LogP contribution in [0, 0.1) is 0 Å². The molecule has 1 heterocycles. The van der Waals surface area contributed by atoms with E-state index in [-0.39, 0.29) is 0 Å². The van der Waals surface area contributed by atoms with Crippen LogP contribution in [0.4, 0.5) is 0 Å². The van der Waals surface area contributed by atoms with E-state index in [1.807, 2.05) is 0 Å². The van der Waals surface area contributed by atoms with Crippen LogP contribution in [0.2, 0.25) is 0 Å². The Bertz CT molecular complexity index is 356. The van der Waals surface area contributed by atoms with Crippen LogP contribution in [0.1, 0.15) is 76.4 Å². The summed E-state index contributed by atoms with van der Waals surface area (Å²) in [4.78, 5) is 4.61. The maximum absolute atomic E-state index is 5.41. The first kappa shape index (κ1) is 14.5. The minimum absolute atomic E-state index is 0.405. The molecule has 0 amide bonds. The van der Waals surface area contributed by atoms with Gasteiger partial charge < -0.3 is 9.84 Å². The van der Waals surface area contributed by atoms with Gasteiger partial charge in [-0.25, -0.2) is 0 Å². The maximum atomic E-state index is 5.41. The van der Waals surface area contributed by atoms with Crippen LogP contribution in [0.3, 0.4) is 0 Å². The average molecular weight is 265 g/mol. The summed E-state index contributed by atoms with van der Waals surface area (Å²) in [6.45, 7) is 5.40. The maximum Gasteiger partial charge on any atom is 0.228 e. The molecular weight excluding hydrogens is 238 g/mol. The molecule has 0 spiro atoms. The Labute approximate surface area is 116 Å². The molecule has 1 aliphatic rings. The highest BCUT2D eigenvalue weighted by Gasteiger charge is 2.20. The summed E-state index contributed by atoms with van der Waals surface area (Å²) in [6.07, 6.45) is 9.77. The zero-order chi connectivity index (χ0) is 13.5. The van der Waals surface area contributed by atoms with Crippen molar-refractivity contribution in [1.29, 1.82) is 0 Å². The molecule has 1 aliphatic carbocycles. The first-order chi connectivity index (χ1) is 9.29. The van der Waals surface area contributed by atoms with E-state index in [1.54, 1.807) is 0 Å². The number of aromatic nitrogens is 2. The van der Waals surface area contributed by atoms with Crippen molar-refractivity contribution in [1.82, 2.24) is 15.5 Å². The Morgan fingerprint density at radius 1 is 1.26 bits per heavy atom. The van der Waals surface area contributed by atoms with Gasteiger partial charge in [0.15, 0.2) is 5.82 Å². The minimum atomic E-state index is 0.405. The summed E-state index contributed by atoms with van der Waals surface area (Å²) in [5.74, 6) is 2.26. The zero-order valence-corrected chi connectivity index (χ0v) is 12.3. The van der Waals surface area contributed by atoms with Gasteiger partial charge >= 0.3 is 0 Å². The molecule has 1 aromatic rings. The van der Waals surface area contributed by atoms with E-state index >= 15 is 0 Å². The first-order valence-electron chi connectivity index (χ1n) is 7.85. The van der Waals surface area contributed by atoms with Gasteiger partial charge in [0.1, 0.15) is 0 Å². The number of hydrogen-bond acceptors (Lipinski definition) is 4. The molecule has 0 aromatic carbocycles. The third kappa shape index (κ3) is 4.60. The van der Waals surface area contributed by atoms with E-state index in [2.05, 4.69) is 29.3 Å². The Morgan fingerprint density at radius 3 is 2.68 bits per heavy atom. The SMILES string of the molecule is CCCNC(C)Cc1nc(C2CCCCCC2)no1. The molecule has 2 rings (SSSR count). The normalized spacial score (nSPS) is 19.3. The van der Waals surface area contributed by atoms with E-state index in [4.69, 9.17) is 4.52 Å². The summed E-state index contributed by atoms with van der Waals surface area (Å²) in [5.41, 5.74) is 0. The third-order valence-electron chi connectivity index (χ3n) is 3.93. The van der Waals surface area contributed by atoms with Crippen molar-refractivity contribution in [2.75, 3.05) is 6.54 Å². The van der Waals surface area contributed by atoms with Crippen LogP contribution in [-0.2, 0) is 6.42 Å². The Kier molecular flexibility index (Phi) is 5.83. The number of rotatable bonds is 6. The lowest BCUT2D eigenvalue weighted by Crippen LogP contribution is -2.28. The fourth-order valence-corrected chi connectivity index (χ4v) is 2.78. The molecule has 1 fully saturated rings. The number of nitrogens with zero attached hydrogens (tertiary/aromatic N) is 2. The van der Waals surface area contributed by atoms with Crippen molar-refractivity contribution < 1.29 is 4.52 Å². The van der Waals surface area contributed by atoms with Crippen molar-refractivity contribution in [3.05, 3.63) is 11.7 Å². The van der Waals surface area contributed by atoms with Gasteiger partial charge in [-0.1, -0.05) is 37.8 Å². The quantitative estimate of drug-likeness (QED) is 0.801. The number of hydrogen-bond donors (Lipinski definition) is 1. The summed E-state index contributed by atoms with van der Waals surface area (Å²) >= 11 is 0. The molecule has 1 aromatic heterocycles. The fourth-order valence-electron chi connectivity index (χ4n) is 2.78. The van der Waals surface area contributed by atoms with Crippen LogP contribution in [-0.4, -0.2) is 22.7 Å². The van der Waals surface area contributed by atoms with E-state index in [9.17, 15) is 0 Å². The summed E-state index contributed by atoms with van der Waals surface area (Å²) in [6, 6.07) is 0.405. The van der Waals surface area contributed by atoms with Crippen LogP contribution >= 0.6 is 0 Å². The predicted octanol–water partition coefficient (Wildman–Crippen LogP) is 3.44. The Morgan fingerprint density at radius 2 is 2.00 bits per heavy atom. The molecule has 1 unspecified atom stereocenters. The number of nitrogens with one attached hydrogen (secondary N) is 1. The Hall–Kier alpha value is -0.900. The molecule has 0 aliphatic heterocycles. The van der Waals surface area contributed by atoms with Crippen molar-refractivity contribution in [2.45, 2.75) is 77.2 Å². The molecule has 0 bridgehead atoms. The lowest BCUT2D eigenvalue weighted by Gasteiger charge is -2.10. The highest BCUT2D eigenvalue weighted by Crippen LogP contribution is 2.29. The van der Waals surface area contributed by atoms with Gasteiger partial charge in [0, 0.05) is 18.4 Å². The molecule has 4 nitrogen and oxygen atoms in total. The second-order valence-electron chi connectivity index (χ2n) is 5.79. The second kappa shape index (κ2) is 7.63. The molecule has 1 atom stereocenters. The van der Waals surface area contributed by atoms with Crippen molar-refractivity contribution >= 4 is 0 Å². The van der Waals surface area contributed by atoms with Gasteiger partial charge in [-0.05, 0) is 32.7 Å². The highest BCUT2D eigenvalue weighted by atomic mass is 16.5. The van der Waals surface area contributed by atoms with Gasteiger partial charge in [0.2, 0.25) is 5.89 Å². The lowest BCUT2D eigenvalue weighted by molar-refractivity contribution is 0.353. The van der Waals surface area contributed by atoms with E-state index < -0.39 is 0 Å². The molecule has 4 heteroatoms. The highest BCUT2D eigenvalue weighted by molar-refractivity contribution is 4.97. The summed E-state index contributed by atoms with van der Waals surface area (Å²) in [5, 5.41) is 7.65. The molecule has 0 radical (unpaired) electrons. The topological polar surface area (TPSA) is 51.0 Å². The van der Waals surface area contributed by atoms with E-state index in [1.165, 1.54) is 38.5 Å². The van der Waals surface area contributed by atoms with Crippen molar-refractivity contribution in [3.63, 3.8) is 0 Å². The summed E-state index contributed by atoms with van der Waals surface area (Å²) < 4.78 is 5.41. The fraction of sp³-hybridized carbons (Fsp3) is 0.867. The van der Waals surface area contributed by atoms with E-state index in [0.29, 0.717) is 12.0 Å². The van der Waals surface area contributed by atoms with Crippen LogP contribution < -0.4 is 5.32 Å². The molecule has 1 saturated carbocycles. The standard InChI is InChI=1S/C15H27N3O/c1-3-10-16-12(2)11-14-17-15(18-19-14)13-8-6-4-5-7-9-13/h12-13,16H,3-11H2,1-2H3. The summed E-state index contributed by atoms with van der Waals surface area (Å²) in [7, 11) is 0. The molecular formula is C15H27N3O. The van der Waals surface area contributed by atoms with Gasteiger partial charge in [-0.2, -0.15) is 4.98 Å². The third-order valence-corrected chi connectivity index (χ3v) is 3.93. The molecule has 108 valence electrons. The van der Waals surface area contributed by atoms with Crippen LogP contribution in [0.5, 0.6) is 0 Å². The van der Waals surface area contributed by atoms with Crippen molar-refractivity contribution in [3.8, 4) is 0 Å². The average Bonchev–Trinajstić information content (AvgIpc) is 2.70. The smallest absolute Gasteiger partial charge is 0.228 e. The molecule has 19 heavy (non-hydrogen) atoms. The van der Waals surface area contributed by atoms with Gasteiger partial charge in [-0.3, -0.25) is 0 Å². The minimum Gasteiger partial charge on any atom is -0.339 e.